The molecule has 10 heteroatoms. The summed E-state index contributed by atoms with van der Waals surface area (Å²) in [6.07, 6.45) is 7.48. The first kappa shape index (κ1) is 22.6. The lowest BCUT2D eigenvalue weighted by Gasteiger charge is -2.40. The summed E-state index contributed by atoms with van der Waals surface area (Å²) < 4.78 is 39.5. The van der Waals surface area contributed by atoms with Crippen molar-refractivity contribution in [3.63, 3.8) is 0 Å². The number of methoxy groups -OCH3 is 1. The van der Waals surface area contributed by atoms with E-state index in [1.165, 1.54) is 11.4 Å². The van der Waals surface area contributed by atoms with Crippen LogP contribution >= 0.6 is 0 Å². The second-order valence-electron chi connectivity index (χ2n) is 9.15. The first-order chi connectivity index (χ1) is 15.9. The van der Waals surface area contributed by atoms with Crippen molar-refractivity contribution in [1.29, 1.82) is 0 Å². The van der Waals surface area contributed by atoms with E-state index in [9.17, 15) is 13.5 Å². The van der Waals surface area contributed by atoms with Crippen LogP contribution in [0.1, 0.15) is 44.2 Å². The average molecular weight is 477 g/mol. The molecule has 2 aliphatic heterocycles. The molecule has 2 fully saturated rings. The molecule has 2 atom stereocenters. The molecule has 1 aromatic heterocycles. The normalized spacial score (nSPS) is 23.5. The van der Waals surface area contributed by atoms with Crippen molar-refractivity contribution in [2.24, 2.45) is 0 Å². The second-order valence-corrected chi connectivity index (χ2v) is 11.2. The van der Waals surface area contributed by atoms with Crippen LogP contribution in [0, 0.1) is 0 Å². The Morgan fingerprint density at radius 3 is 2.79 bits per heavy atom. The van der Waals surface area contributed by atoms with Gasteiger partial charge < -0.3 is 19.5 Å². The van der Waals surface area contributed by atoms with E-state index in [1.807, 2.05) is 27.9 Å². The van der Waals surface area contributed by atoms with E-state index >= 15 is 0 Å². The minimum absolute atomic E-state index is 0.110. The first-order valence-electron chi connectivity index (χ1n) is 11.7. The molecule has 1 unspecified atom stereocenters. The van der Waals surface area contributed by atoms with Gasteiger partial charge in [0.25, 0.3) is 0 Å². The van der Waals surface area contributed by atoms with Gasteiger partial charge in [0.1, 0.15) is 12.4 Å². The Balaban J connectivity index is 1.49. The van der Waals surface area contributed by atoms with Crippen molar-refractivity contribution in [1.82, 2.24) is 14.1 Å². The molecule has 180 valence electrons. The number of nitrogens with zero attached hydrogens (tertiary/aromatic N) is 4. The summed E-state index contributed by atoms with van der Waals surface area (Å²) in [5.41, 5.74) is 3.80. The van der Waals surface area contributed by atoms with Crippen LogP contribution < -0.4 is 9.64 Å². The number of aromatic nitrogens is 2. The third-order valence-electron chi connectivity index (χ3n) is 6.87. The smallest absolute Gasteiger partial charge is 0.237 e. The van der Waals surface area contributed by atoms with Crippen LogP contribution in [-0.4, -0.2) is 72.6 Å². The highest BCUT2D eigenvalue weighted by molar-refractivity contribution is 7.89. The number of fused-ring (bicyclic) bond motifs is 1. The van der Waals surface area contributed by atoms with Crippen LogP contribution in [0.5, 0.6) is 5.75 Å². The summed E-state index contributed by atoms with van der Waals surface area (Å²) >= 11 is 0. The fourth-order valence-corrected chi connectivity index (χ4v) is 6.39. The van der Waals surface area contributed by atoms with Crippen molar-refractivity contribution in [2.75, 3.05) is 37.5 Å². The largest absolute Gasteiger partial charge is 0.491 e. The lowest BCUT2D eigenvalue weighted by atomic mass is 9.92. The number of sulfonamides is 1. The standard InChI is InChI=1S/C23H32N4O5S/c1-16-4-7-20-21(27(16)23(28)31-2)9-8-19(17-14-24-26(15-17)18-5-6-18)22(20)32-12-11-25-10-3-13-33(25,29)30/h8-9,14-16,18,23,28H,3-7,10-13H2,1-2H3/t16-,23?/m0/s1. The Hall–Kier alpha value is -2.14. The van der Waals surface area contributed by atoms with Gasteiger partial charge in [0.05, 0.1) is 18.0 Å². The van der Waals surface area contributed by atoms with Gasteiger partial charge in [-0.15, -0.1) is 0 Å². The fourth-order valence-electron chi connectivity index (χ4n) is 4.88. The van der Waals surface area contributed by atoms with Gasteiger partial charge in [0, 0.05) is 54.8 Å². The lowest BCUT2D eigenvalue weighted by Crippen LogP contribution is -2.46. The molecule has 9 nitrogen and oxygen atoms in total. The zero-order valence-electron chi connectivity index (χ0n) is 19.2. The zero-order chi connectivity index (χ0) is 23.2. The van der Waals surface area contributed by atoms with E-state index < -0.39 is 16.4 Å². The first-order valence-corrected chi connectivity index (χ1v) is 13.3. The Kier molecular flexibility index (Phi) is 6.11. The molecule has 1 aliphatic carbocycles. The number of aliphatic hydroxyl groups excluding tert-OH is 1. The SMILES string of the molecule is COC(O)N1c2ccc(-c3cnn(C4CC4)c3)c(OCCN3CCCS3(=O)=O)c2CC[C@@H]1C. The van der Waals surface area contributed by atoms with Crippen LogP contribution in [0.2, 0.25) is 0 Å². The molecule has 1 N–H and O–H groups in total. The minimum Gasteiger partial charge on any atom is -0.491 e. The van der Waals surface area contributed by atoms with Crippen molar-refractivity contribution < 1.29 is 23.0 Å². The highest BCUT2D eigenvalue weighted by Crippen LogP contribution is 2.44. The van der Waals surface area contributed by atoms with Crippen LogP contribution in [0.15, 0.2) is 24.5 Å². The number of hydrogen-bond acceptors (Lipinski definition) is 7. The van der Waals surface area contributed by atoms with E-state index in [0.29, 0.717) is 25.6 Å². The topological polar surface area (TPSA) is 97.1 Å². The summed E-state index contributed by atoms with van der Waals surface area (Å²) in [5.74, 6) is 0.945. The van der Waals surface area contributed by atoms with Gasteiger partial charge >= 0.3 is 0 Å². The summed E-state index contributed by atoms with van der Waals surface area (Å²) in [7, 11) is -1.68. The maximum atomic E-state index is 12.2. The third-order valence-corrected chi connectivity index (χ3v) is 8.83. The van der Waals surface area contributed by atoms with Gasteiger partial charge in [-0.05, 0) is 51.2 Å². The summed E-state index contributed by atoms with van der Waals surface area (Å²) in [6.45, 7) is 3.21. The molecular weight excluding hydrogens is 444 g/mol. The fraction of sp³-hybridized carbons (Fsp3) is 0.609. The molecule has 0 radical (unpaired) electrons. The molecule has 0 amide bonds. The van der Waals surface area contributed by atoms with E-state index in [1.54, 1.807) is 0 Å². The van der Waals surface area contributed by atoms with Crippen molar-refractivity contribution >= 4 is 15.7 Å². The van der Waals surface area contributed by atoms with Crippen LogP contribution in [0.4, 0.5) is 5.69 Å². The van der Waals surface area contributed by atoms with E-state index in [-0.39, 0.29) is 18.4 Å². The summed E-state index contributed by atoms with van der Waals surface area (Å²) in [5, 5.41) is 15.0. The molecular formula is C23H32N4O5S. The molecule has 2 aromatic rings. The molecule has 3 heterocycles. The molecule has 0 spiro atoms. The van der Waals surface area contributed by atoms with Crippen molar-refractivity contribution in [2.45, 2.75) is 57.5 Å². The highest BCUT2D eigenvalue weighted by atomic mass is 32.2. The Morgan fingerprint density at radius 2 is 2.09 bits per heavy atom. The van der Waals surface area contributed by atoms with Crippen LogP contribution in [0.25, 0.3) is 11.1 Å². The number of aliphatic hydroxyl groups is 1. The van der Waals surface area contributed by atoms with Gasteiger partial charge in [-0.25, -0.2) is 8.42 Å². The van der Waals surface area contributed by atoms with Crippen molar-refractivity contribution in [3.8, 4) is 16.9 Å². The number of benzene rings is 1. The monoisotopic (exact) mass is 476 g/mol. The van der Waals surface area contributed by atoms with Gasteiger partial charge in [-0.1, -0.05) is 0 Å². The maximum absolute atomic E-state index is 12.2. The minimum atomic E-state index is -3.17. The van der Waals surface area contributed by atoms with Gasteiger partial charge in [0.15, 0.2) is 0 Å². The highest BCUT2D eigenvalue weighted by Gasteiger charge is 2.33. The summed E-state index contributed by atoms with van der Waals surface area (Å²) in [4.78, 5) is 1.87. The van der Waals surface area contributed by atoms with E-state index in [2.05, 4.69) is 18.2 Å². The number of hydrogen-bond donors (Lipinski definition) is 1. The molecule has 33 heavy (non-hydrogen) atoms. The van der Waals surface area contributed by atoms with Crippen LogP contribution in [0.3, 0.4) is 0 Å². The Labute approximate surface area is 194 Å². The molecule has 1 saturated carbocycles. The molecule has 3 aliphatic rings. The maximum Gasteiger partial charge on any atom is 0.237 e. The molecule has 5 rings (SSSR count). The molecule has 1 saturated heterocycles. The number of rotatable bonds is 8. The lowest BCUT2D eigenvalue weighted by molar-refractivity contribution is -0.0795. The van der Waals surface area contributed by atoms with Crippen molar-refractivity contribution in [3.05, 3.63) is 30.1 Å². The van der Waals surface area contributed by atoms with Crippen LogP contribution in [-0.2, 0) is 21.2 Å². The predicted molar refractivity (Wildman–Crippen MR) is 125 cm³/mol. The number of ether oxygens (including phenoxy) is 2. The Morgan fingerprint density at radius 1 is 1.27 bits per heavy atom. The molecule has 1 aromatic carbocycles. The average Bonchev–Trinajstić information content (AvgIpc) is 3.43. The second kappa shape index (κ2) is 8.90. The predicted octanol–water partition coefficient (Wildman–Crippen LogP) is 2.36. The quantitative estimate of drug-likeness (QED) is 0.584. The molecule has 0 bridgehead atoms. The summed E-state index contributed by atoms with van der Waals surface area (Å²) in [6, 6.07) is 4.60. The zero-order valence-corrected chi connectivity index (χ0v) is 20.0. The number of anilines is 1. The van der Waals surface area contributed by atoms with E-state index in [0.717, 1.165) is 53.8 Å². The third kappa shape index (κ3) is 4.37. The van der Waals surface area contributed by atoms with Gasteiger partial charge in [-0.3, -0.25) is 4.68 Å². The van der Waals surface area contributed by atoms with Gasteiger partial charge in [-0.2, -0.15) is 9.40 Å². The Bertz CT molecular complexity index is 1110. The van der Waals surface area contributed by atoms with Gasteiger partial charge in [0.2, 0.25) is 16.4 Å². The van der Waals surface area contributed by atoms with E-state index in [4.69, 9.17) is 9.47 Å².